The molecular formula is C21H25ClN6O2. The molecule has 8 nitrogen and oxygen atoms in total. The second-order valence-electron chi connectivity index (χ2n) is 7.61. The lowest BCUT2D eigenvalue weighted by Crippen LogP contribution is -2.50. The average molecular weight is 429 g/mol. The number of ether oxygens (including phenoxy) is 1. The number of benzene rings is 1. The summed E-state index contributed by atoms with van der Waals surface area (Å²) in [6, 6.07) is 8.95. The molecule has 0 spiro atoms. The van der Waals surface area contributed by atoms with Gasteiger partial charge in [0.25, 0.3) is 5.91 Å². The van der Waals surface area contributed by atoms with Crippen LogP contribution in [0.3, 0.4) is 0 Å². The fraction of sp³-hybridized carbons (Fsp3) is 0.333. The molecule has 9 heteroatoms. The van der Waals surface area contributed by atoms with Gasteiger partial charge < -0.3 is 15.4 Å². The molecule has 0 bridgehead atoms. The van der Waals surface area contributed by atoms with Crippen LogP contribution in [-0.4, -0.2) is 38.4 Å². The molecule has 0 atom stereocenters. The lowest BCUT2D eigenvalue weighted by Gasteiger charge is -2.28. The van der Waals surface area contributed by atoms with Gasteiger partial charge in [0.15, 0.2) is 5.82 Å². The van der Waals surface area contributed by atoms with Gasteiger partial charge in [-0.2, -0.15) is 10.1 Å². The number of hydrogen-bond acceptors (Lipinski definition) is 6. The lowest BCUT2D eigenvalue weighted by atomic mass is 10.1. The standard InChI is InChI=1S/C21H25ClN6O2/c1-13(2)16-10-11-28(27-16)18-15(22)12-23-20(24-18)26-21(3,4)25-19(29)14-8-6-7-9-17(14)30-5/h6-13H,1-5H3,(H,25,29)(H,23,24,26). The Bertz CT molecular complexity index is 1050. The maximum atomic E-state index is 12.7. The Kier molecular flexibility index (Phi) is 6.26. The summed E-state index contributed by atoms with van der Waals surface area (Å²) in [4.78, 5) is 21.5. The van der Waals surface area contributed by atoms with E-state index in [0.717, 1.165) is 5.69 Å². The predicted octanol–water partition coefficient (Wildman–Crippen LogP) is 4.03. The van der Waals surface area contributed by atoms with E-state index in [1.54, 1.807) is 22.9 Å². The first-order valence-corrected chi connectivity index (χ1v) is 9.90. The maximum absolute atomic E-state index is 12.7. The van der Waals surface area contributed by atoms with Gasteiger partial charge >= 0.3 is 0 Å². The summed E-state index contributed by atoms with van der Waals surface area (Å²) in [7, 11) is 1.53. The van der Waals surface area contributed by atoms with E-state index >= 15 is 0 Å². The smallest absolute Gasteiger partial charge is 0.256 e. The molecule has 158 valence electrons. The fourth-order valence-corrected chi connectivity index (χ4v) is 3.01. The van der Waals surface area contributed by atoms with Crippen molar-refractivity contribution in [1.29, 1.82) is 0 Å². The van der Waals surface area contributed by atoms with Crippen molar-refractivity contribution >= 4 is 23.5 Å². The van der Waals surface area contributed by atoms with Crippen molar-refractivity contribution < 1.29 is 9.53 Å². The number of hydrogen-bond donors (Lipinski definition) is 2. The van der Waals surface area contributed by atoms with Gasteiger partial charge in [0.1, 0.15) is 16.4 Å². The molecular weight excluding hydrogens is 404 g/mol. The molecule has 0 saturated heterocycles. The highest BCUT2D eigenvalue weighted by Crippen LogP contribution is 2.22. The van der Waals surface area contributed by atoms with E-state index in [1.807, 2.05) is 32.2 Å². The molecule has 0 aliphatic rings. The third kappa shape index (κ3) is 4.88. The van der Waals surface area contributed by atoms with Gasteiger partial charge in [-0.15, -0.1) is 0 Å². The summed E-state index contributed by atoms with van der Waals surface area (Å²) >= 11 is 6.29. The molecule has 0 aliphatic carbocycles. The molecule has 0 unspecified atom stereocenters. The van der Waals surface area contributed by atoms with Crippen molar-refractivity contribution in [2.24, 2.45) is 0 Å². The number of halogens is 1. The van der Waals surface area contributed by atoms with E-state index in [4.69, 9.17) is 16.3 Å². The normalized spacial score (nSPS) is 11.4. The number of para-hydroxylation sites is 1. The number of carbonyl (C=O) groups excluding carboxylic acids is 1. The first kappa shape index (κ1) is 21.6. The minimum Gasteiger partial charge on any atom is -0.496 e. The highest BCUT2D eigenvalue weighted by Gasteiger charge is 2.24. The minimum absolute atomic E-state index is 0.284. The number of anilines is 1. The first-order valence-electron chi connectivity index (χ1n) is 9.52. The third-order valence-corrected chi connectivity index (χ3v) is 4.61. The number of amides is 1. The van der Waals surface area contributed by atoms with Gasteiger partial charge in [-0.25, -0.2) is 9.67 Å². The van der Waals surface area contributed by atoms with Gasteiger partial charge in [0.2, 0.25) is 5.95 Å². The summed E-state index contributed by atoms with van der Waals surface area (Å²) in [6.45, 7) is 7.74. The van der Waals surface area contributed by atoms with E-state index in [1.165, 1.54) is 13.3 Å². The van der Waals surface area contributed by atoms with E-state index in [-0.39, 0.29) is 11.8 Å². The minimum atomic E-state index is -0.851. The highest BCUT2D eigenvalue weighted by atomic mass is 35.5. The second-order valence-corrected chi connectivity index (χ2v) is 8.02. The van der Waals surface area contributed by atoms with Crippen LogP contribution in [0.25, 0.3) is 5.82 Å². The zero-order chi connectivity index (χ0) is 21.9. The van der Waals surface area contributed by atoms with Crippen molar-refractivity contribution in [3.63, 3.8) is 0 Å². The van der Waals surface area contributed by atoms with Crippen molar-refractivity contribution in [3.8, 4) is 11.6 Å². The molecule has 2 aromatic heterocycles. The topological polar surface area (TPSA) is 94.0 Å². The molecule has 0 fully saturated rings. The summed E-state index contributed by atoms with van der Waals surface area (Å²) in [5.41, 5.74) is 0.518. The largest absolute Gasteiger partial charge is 0.496 e. The Balaban J connectivity index is 1.80. The monoisotopic (exact) mass is 428 g/mol. The summed E-state index contributed by atoms with van der Waals surface area (Å²) in [5, 5.41) is 10.9. The molecule has 30 heavy (non-hydrogen) atoms. The van der Waals surface area contributed by atoms with Crippen LogP contribution in [0.15, 0.2) is 42.7 Å². The van der Waals surface area contributed by atoms with Crippen LogP contribution in [0.5, 0.6) is 5.75 Å². The SMILES string of the molecule is COc1ccccc1C(=O)NC(C)(C)Nc1ncc(Cl)c(-n2ccc(C(C)C)n2)n1. The number of nitrogens with one attached hydrogen (secondary N) is 2. The van der Waals surface area contributed by atoms with Crippen LogP contribution in [0.2, 0.25) is 5.02 Å². The Morgan fingerprint density at radius 2 is 1.97 bits per heavy atom. The molecule has 0 aliphatic heterocycles. The summed E-state index contributed by atoms with van der Waals surface area (Å²) in [5.74, 6) is 1.26. The van der Waals surface area contributed by atoms with Gasteiger partial charge in [-0.05, 0) is 38.0 Å². The molecule has 3 rings (SSSR count). The average Bonchev–Trinajstić information content (AvgIpc) is 3.19. The number of aromatic nitrogens is 4. The highest BCUT2D eigenvalue weighted by molar-refractivity contribution is 6.32. The van der Waals surface area contributed by atoms with Crippen LogP contribution in [-0.2, 0) is 0 Å². The van der Waals surface area contributed by atoms with Crippen molar-refractivity contribution in [3.05, 3.63) is 59.0 Å². The number of rotatable bonds is 7. The van der Waals surface area contributed by atoms with E-state index in [0.29, 0.717) is 28.1 Å². The molecule has 2 N–H and O–H groups in total. The Morgan fingerprint density at radius 3 is 2.63 bits per heavy atom. The molecule has 3 aromatic rings. The van der Waals surface area contributed by atoms with E-state index in [2.05, 4.69) is 39.5 Å². The zero-order valence-corrected chi connectivity index (χ0v) is 18.4. The van der Waals surface area contributed by atoms with Gasteiger partial charge in [-0.1, -0.05) is 37.6 Å². The van der Waals surface area contributed by atoms with Crippen LogP contribution in [0.1, 0.15) is 49.7 Å². The maximum Gasteiger partial charge on any atom is 0.256 e. The Hall–Kier alpha value is -3.13. The van der Waals surface area contributed by atoms with E-state index < -0.39 is 5.66 Å². The van der Waals surface area contributed by atoms with Gasteiger partial charge in [0, 0.05) is 6.20 Å². The molecule has 1 aromatic carbocycles. The van der Waals surface area contributed by atoms with Gasteiger partial charge in [-0.3, -0.25) is 4.79 Å². The quantitative estimate of drug-likeness (QED) is 0.552. The summed E-state index contributed by atoms with van der Waals surface area (Å²) < 4.78 is 6.88. The van der Waals surface area contributed by atoms with Crippen LogP contribution in [0, 0.1) is 0 Å². The summed E-state index contributed by atoms with van der Waals surface area (Å²) in [6.07, 6.45) is 3.31. The molecule has 1 amide bonds. The Morgan fingerprint density at radius 1 is 1.23 bits per heavy atom. The van der Waals surface area contributed by atoms with Crippen molar-refractivity contribution in [2.75, 3.05) is 12.4 Å². The van der Waals surface area contributed by atoms with Crippen molar-refractivity contribution in [1.82, 2.24) is 25.1 Å². The van der Waals surface area contributed by atoms with Crippen LogP contribution in [0.4, 0.5) is 5.95 Å². The van der Waals surface area contributed by atoms with Crippen LogP contribution < -0.4 is 15.4 Å². The van der Waals surface area contributed by atoms with Crippen molar-refractivity contribution in [2.45, 2.75) is 39.3 Å². The second kappa shape index (κ2) is 8.71. The Labute approximate surface area is 180 Å². The predicted molar refractivity (Wildman–Crippen MR) is 116 cm³/mol. The zero-order valence-electron chi connectivity index (χ0n) is 17.6. The molecule has 2 heterocycles. The lowest BCUT2D eigenvalue weighted by molar-refractivity contribution is 0.0919. The first-order chi connectivity index (χ1) is 14.2. The van der Waals surface area contributed by atoms with E-state index in [9.17, 15) is 4.79 Å². The third-order valence-electron chi connectivity index (χ3n) is 4.35. The molecule has 0 radical (unpaired) electrons. The number of methoxy groups -OCH3 is 1. The number of carbonyl (C=O) groups is 1. The van der Waals surface area contributed by atoms with Gasteiger partial charge in [0.05, 0.1) is 24.6 Å². The van der Waals surface area contributed by atoms with Crippen LogP contribution >= 0.6 is 11.6 Å². The molecule has 0 saturated carbocycles. The number of nitrogens with zero attached hydrogens (tertiary/aromatic N) is 4. The fourth-order valence-electron chi connectivity index (χ4n) is 2.84.